The van der Waals surface area contributed by atoms with Crippen LogP contribution in [0.1, 0.15) is 42.5 Å². The van der Waals surface area contributed by atoms with Crippen LogP contribution >= 0.6 is 11.6 Å². The van der Waals surface area contributed by atoms with Crippen molar-refractivity contribution in [2.75, 3.05) is 13.6 Å². The zero-order valence-electron chi connectivity index (χ0n) is 12.8. The van der Waals surface area contributed by atoms with Crippen molar-refractivity contribution in [3.8, 4) is 0 Å². The van der Waals surface area contributed by atoms with Crippen LogP contribution in [0.25, 0.3) is 0 Å². The normalized spacial score (nSPS) is 15.2. The lowest BCUT2D eigenvalue weighted by atomic mass is 9.89. The van der Waals surface area contributed by atoms with E-state index < -0.39 is 0 Å². The van der Waals surface area contributed by atoms with E-state index in [1.165, 1.54) is 44.2 Å². The van der Waals surface area contributed by atoms with E-state index in [2.05, 4.69) is 10.7 Å². The minimum absolute atomic E-state index is 0.288. The molecule has 0 saturated heterocycles. The first-order chi connectivity index (χ1) is 10.6. The summed E-state index contributed by atoms with van der Waals surface area (Å²) in [6, 6.07) is 6.19. The van der Waals surface area contributed by atoms with E-state index in [4.69, 9.17) is 11.6 Å². The van der Waals surface area contributed by atoms with Crippen LogP contribution in [0.15, 0.2) is 24.3 Å². The second-order valence-corrected chi connectivity index (χ2v) is 6.13. The number of halogens is 1. The molecule has 2 N–H and O–H groups in total. The average molecular weight is 324 g/mol. The molecule has 1 saturated carbocycles. The molecule has 120 valence electrons. The molecule has 0 bridgehead atoms. The zero-order valence-corrected chi connectivity index (χ0v) is 13.5. The lowest BCUT2D eigenvalue weighted by Gasteiger charge is -2.23. The minimum atomic E-state index is -0.351. The van der Waals surface area contributed by atoms with Gasteiger partial charge in [-0.1, -0.05) is 30.9 Å². The first-order valence-corrected chi connectivity index (χ1v) is 8.02. The van der Waals surface area contributed by atoms with E-state index in [0.717, 1.165) is 0 Å². The van der Waals surface area contributed by atoms with Gasteiger partial charge in [0.2, 0.25) is 0 Å². The number of urea groups is 1. The van der Waals surface area contributed by atoms with E-state index in [0.29, 0.717) is 23.0 Å². The highest BCUT2D eigenvalue weighted by atomic mass is 35.5. The minimum Gasteiger partial charge on any atom is -0.336 e. The van der Waals surface area contributed by atoms with Gasteiger partial charge in [-0.25, -0.2) is 10.2 Å². The van der Waals surface area contributed by atoms with Crippen LogP contribution in [0.2, 0.25) is 5.02 Å². The Morgan fingerprint density at radius 3 is 2.45 bits per heavy atom. The third-order valence-corrected chi connectivity index (χ3v) is 4.19. The summed E-state index contributed by atoms with van der Waals surface area (Å²) in [6.45, 7) is 0.662. The number of carbonyl (C=O) groups excluding carboxylic acids is 2. The number of carbonyl (C=O) groups is 2. The molecular formula is C16H22ClN3O2. The van der Waals surface area contributed by atoms with Crippen molar-refractivity contribution in [2.24, 2.45) is 5.92 Å². The van der Waals surface area contributed by atoms with Crippen molar-refractivity contribution >= 4 is 23.5 Å². The van der Waals surface area contributed by atoms with Crippen molar-refractivity contribution in [2.45, 2.75) is 32.1 Å². The van der Waals surface area contributed by atoms with Gasteiger partial charge in [-0.05, 0) is 43.0 Å². The smallest absolute Gasteiger partial charge is 0.333 e. The molecule has 1 aliphatic rings. The molecule has 0 atom stereocenters. The molecule has 0 spiro atoms. The maximum absolute atomic E-state index is 12.1. The van der Waals surface area contributed by atoms with Crippen molar-refractivity contribution in [1.29, 1.82) is 0 Å². The lowest BCUT2D eigenvalue weighted by molar-refractivity contribution is 0.0734. The van der Waals surface area contributed by atoms with Crippen LogP contribution in [0.4, 0.5) is 4.79 Å². The molecule has 0 aliphatic heterocycles. The van der Waals surface area contributed by atoms with Crippen molar-refractivity contribution in [3.63, 3.8) is 0 Å². The van der Waals surface area contributed by atoms with Crippen LogP contribution in [0.3, 0.4) is 0 Å². The second kappa shape index (κ2) is 8.03. The third-order valence-electron chi connectivity index (χ3n) is 3.94. The predicted octanol–water partition coefficient (Wildman–Crippen LogP) is 3.21. The number of amides is 3. The predicted molar refractivity (Wildman–Crippen MR) is 86.7 cm³/mol. The Balaban J connectivity index is 1.77. The Bertz CT molecular complexity index is 513. The molecule has 0 aromatic heterocycles. The summed E-state index contributed by atoms with van der Waals surface area (Å²) in [5.41, 5.74) is 3.00. The van der Waals surface area contributed by atoms with Gasteiger partial charge in [0, 0.05) is 24.2 Å². The monoisotopic (exact) mass is 323 g/mol. The first kappa shape index (κ1) is 16.6. The maximum atomic E-state index is 12.1. The number of nitrogens with one attached hydrogen (secondary N) is 2. The molecule has 1 aromatic carbocycles. The highest BCUT2D eigenvalue weighted by Crippen LogP contribution is 2.22. The summed E-state index contributed by atoms with van der Waals surface area (Å²) in [4.78, 5) is 24.0. The second-order valence-electron chi connectivity index (χ2n) is 5.70. The summed E-state index contributed by atoms with van der Waals surface area (Å²) < 4.78 is 0. The Labute approximate surface area is 136 Å². The molecule has 22 heavy (non-hydrogen) atoms. The van der Waals surface area contributed by atoms with Gasteiger partial charge in [0.05, 0.1) is 0 Å². The van der Waals surface area contributed by atoms with Gasteiger partial charge >= 0.3 is 6.03 Å². The highest BCUT2D eigenvalue weighted by Gasteiger charge is 2.16. The van der Waals surface area contributed by atoms with Crippen molar-refractivity contribution in [1.82, 2.24) is 15.8 Å². The van der Waals surface area contributed by atoms with Crippen LogP contribution in [-0.2, 0) is 0 Å². The van der Waals surface area contributed by atoms with Gasteiger partial charge in [-0.15, -0.1) is 0 Å². The van der Waals surface area contributed by atoms with Crippen molar-refractivity contribution in [3.05, 3.63) is 34.9 Å². The SMILES string of the molecule is CN(NC(=O)NCC1CCCCC1)C(=O)c1ccc(Cl)cc1. The number of hydrogen-bond donors (Lipinski definition) is 2. The molecule has 3 amide bonds. The van der Waals surface area contributed by atoms with E-state index in [-0.39, 0.29) is 11.9 Å². The molecule has 6 heteroatoms. The molecule has 1 aromatic rings. The molecule has 2 rings (SSSR count). The fourth-order valence-corrected chi connectivity index (χ4v) is 2.78. The van der Waals surface area contributed by atoms with Gasteiger partial charge in [0.15, 0.2) is 0 Å². The van der Waals surface area contributed by atoms with Gasteiger partial charge in [-0.2, -0.15) is 0 Å². The topological polar surface area (TPSA) is 61.4 Å². The summed E-state index contributed by atoms with van der Waals surface area (Å²) in [5, 5.41) is 4.58. The average Bonchev–Trinajstić information content (AvgIpc) is 2.54. The number of hydrogen-bond acceptors (Lipinski definition) is 2. The summed E-state index contributed by atoms with van der Waals surface area (Å²) >= 11 is 5.79. The summed E-state index contributed by atoms with van der Waals surface area (Å²) in [5.74, 6) is 0.265. The Kier molecular flexibility index (Phi) is 6.07. The molecule has 0 unspecified atom stereocenters. The summed E-state index contributed by atoms with van der Waals surface area (Å²) in [7, 11) is 1.52. The van der Waals surface area contributed by atoms with Gasteiger partial charge in [0.25, 0.3) is 5.91 Å². The van der Waals surface area contributed by atoms with E-state index in [1.807, 2.05) is 0 Å². The number of rotatable bonds is 3. The van der Waals surface area contributed by atoms with Crippen LogP contribution < -0.4 is 10.7 Å². The number of benzene rings is 1. The first-order valence-electron chi connectivity index (χ1n) is 7.64. The molecule has 5 nitrogen and oxygen atoms in total. The van der Waals surface area contributed by atoms with Crippen LogP contribution in [0.5, 0.6) is 0 Å². The largest absolute Gasteiger partial charge is 0.336 e. The Morgan fingerprint density at radius 1 is 1.18 bits per heavy atom. The Hall–Kier alpha value is -1.75. The number of hydrazine groups is 1. The zero-order chi connectivity index (χ0) is 15.9. The van der Waals surface area contributed by atoms with E-state index >= 15 is 0 Å². The van der Waals surface area contributed by atoms with Gasteiger partial charge in [0.1, 0.15) is 0 Å². The third kappa shape index (κ3) is 4.91. The van der Waals surface area contributed by atoms with E-state index in [9.17, 15) is 9.59 Å². The van der Waals surface area contributed by atoms with Gasteiger partial charge < -0.3 is 5.32 Å². The highest BCUT2D eigenvalue weighted by molar-refractivity contribution is 6.30. The van der Waals surface area contributed by atoms with Crippen molar-refractivity contribution < 1.29 is 9.59 Å². The van der Waals surface area contributed by atoms with Crippen LogP contribution in [-0.4, -0.2) is 30.5 Å². The Morgan fingerprint density at radius 2 is 1.82 bits per heavy atom. The van der Waals surface area contributed by atoms with Crippen LogP contribution in [0, 0.1) is 5.92 Å². The van der Waals surface area contributed by atoms with Gasteiger partial charge in [-0.3, -0.25) is 9.80 Å². The van der Waals surface area contributed by atoms with E-state index in [1.54, 1.807) is 24.3 Å². The summed E-state index contributed by atoms with van der Waals surface area (Å²) in [6.07, 6.45) is 6.10. The molecule has 0 radical (unpaired) electrons. The fourth-order valence-electron chi connectivity index (χ4n) is 2.66. The number of nitrogens with zero attached hydrogens (tertiary/aromatic N) is 1. The fraction of sp³-hybridized carbons (Fsp3) is 0.500. The standard InChI is InChI=1S/C16H22ClN3O2/c1-20(15(21)13-7-9-14(17)10-8-13)19-16(22)18-11-12-5-3-2-4-6-12/h7-10,12H,2-6,11H2,1H3,(H2,18,19,22). The maximum Gasteiger partial charge on any atom is 0.333 e. The molecule has 1 aliphatic carbocycles. The lowest BCUT2D eigenvalue weighted by Crippen LogP contribution is -2.49. The molecular weight excluding hydrogens is 302 g/mol. The quantitative estimate of drug-likeness (QED) is 0.839. The molecule has 0 heterocycles. The molecule has 1 fully saturated rings.